The molecule has 0 bridgehead atoms. The van der Waals surface area contributed by atoms with Crippen molar-refractivity contribution in [3.63, 3.8) is 0 Å². The van der Waals surface area contributed by atoms with Gasteiger partial charge in [-0.1, -0.05) is 29.3 Å². The molecule has 86 valence electrons. The van der Waals surface area contributed by atoms with Crippen molar-refractivity contribution in [3.05, 3.63) is 46.1 Å². The molecule has 17 heavy (non-hydrogen) atoms. The molecule has 0 aliphatic heterocycles. The molecule has 0 aliphatic rings. The summed E-state index contributed by atoms with van der Waals surface area (Å²) in [6.07, 6.45) is 2.12. The van der Waals surface area contributed by atoms with Crippen LogP contribution in [0.3, 0.4) is 0 Å². The van der Waals surface area contributed by atoms with Gasteiger partial charge in [0.1, 0.15) is 5.82 Å². The number of benzene rings is 1. The number of nitrogens with zero attached hydrogens (tertiary/aromatic N) is 1. The van der Waals surface area contributed by atoms with E-state index in [0.717, 1.165) is 0 Å². The Labute approximate surface area is 108 Å². The minimum absolute atomic E-state index is 0.319. The van der Waals surface area contributed by atoms with Crippen LogP contribution in [-0.4, -0.2) is 11.3 Å². The lowest BCUT2D eigenvalue weighted by molar-refractivity contribution is 0.112. The second-order valence-electron chi connectivity index (χ2n) is 3.44. The maximum atomic E-state index is 10.7. The lowest BCUT2D eigenvalue weighted by atomic mass is 10.1. The fraction of sp³-hybridized carbons (Fsp3) is 0. The van der Waals surface area contributed by atoms with E-state index in [4.69, 9.17) is 28.9 Å². The van der Waals surface area contributed by atoms with Gasteiger partial charge in [-0.15, -0.1) is 0 Å². The molecular weight excluding hydrogens is 259 g/mol. The van der Waals surface area contributed by atoms with E-state index in [0.29, 0.717) is 38.8 Å². The van der Waals surface area contributed by atoms with Crippen LogP contribution < -0.4 is 5.73 Å². The number of aromatic nitrogens is 1. The minimum Gasteiger partial charge on any atom is -0.383 e. The van der Waals surface area contributed by atoms with Crippen molar-refractivity contribution in [2.45, 2.75) is 0 Å². The van der Waals surface area contributed by atoms with Gasteiger partial charge in [0, 0.05) is 27.9 Å². The van der Waals surface area contributed by atoms with Gasteiger partial charge >= 0.3 is 0 Å². The van der Waals surface area contributed by atoms with Gasteiger partial charge in [-0.2, -0.15) is 0 Å². The highest BCUT2D eigenvalue weighted by atomic mass is 35.5. The maximum Gasteiger partial charge on any atom is 0.151 e. The fourth-order valence-corrected chi connectivity index (χ4v) is 1.99. The number of halogens is 2. The van der Waals surface area contributed by atoms with Crippen molar-refractivity contribution in [2.24, 2.45) is 0 Å². The van der Waals surface area contributed by atoms with E-state index in [9.17, 15) is 4.79 Å². The van der Waals surface area contributed by atoms with E-state index in [2.05, 4.69) is 4.98 Å². The monoisotopic (exact) mass is 266 g/mol. The summed E-state index contributed by atoms with van der Waals surface area (Å²) in [6.45, 7) is 0. The molecule has 5 heteroatoms. The molecule has 3 nitrogen and oxygen atoms in total. The largest absolute Gasteiger partial charge is 0.383 e. The smallest absolute Gasteiger partial charge is 0.151 e. The van der Waals surface area contributed by atoms with Crippen molar-refractivity contribution in [1.29, 1.82) is 0 Å². The summed E-state index contributed by atoms with van der Waals surface area (Å²) in [5.41, 5.74) is 7.53. The quantitative estimate of drug-likeness (QED) is 0.848. The zero-order valence-electron chi connectivity index (χ0n) is 8.65. The first kappa shape index (κ1) is 11.9. The Balaban J connectivity index is 2.63. The third-order valence-electron chi connectivity index (χ3n) is 2.30. The molecule has 1 aromatic carbocycles. The first-order valence-electron chi connectivity index (χ1n) is 4.78. The summed E-state index contributed by atoms with van der Waals surface area (Å²) in [5, 5.41) is 1.01. The van der Waals surface area contributed by atoms with Crippen molar-refractivity contribution < 1.29 is 4.79 Å². The second kappa shape index (κ2) is 4.73. The van der Waals surface area contributed by atoms with Crippen LogP contribution in [0.25, 0.3) is 11.1 Å². The minimum atomic E-state index is 0.319. The number of carbonyl (C=O) groups is 1. The van der Waals surface area contributed by atoms with Crippen LogP contribution >= 0.6 is 23.2 Å². The van der Waals surface area contributed by atoms with E-state index < -0.39 is 0 Å². The van der Waals surface area contributed by atoms with Crippen molar-refractivity contribution in [1.82, 2.24) is 4.98 Å². The highest BCUT2D eigenvalue weighted by Gasteiger charge is 2.09. The lowest BCUT2D eigenvalue weighted by Gasteiger charge is -2.08. The van der Waals surface area contributed by atoms with Crippen LogP contribution in [0.2, 0.25) is 10.0 Å². The van der Waals surface area contributed by atoms with Gasteiger partial charge in [-0.05, 0) is 18.2 Å². The summed E-state index contributed by atoms with van der Waals surface area (Å²) >= 11 is 11.9. The molecule has 2 aromatic rings. The summed E-state index contributed by atoms with van der Waals surface area (Å²) < 4.78 is 0. The molecule has 0 saturated heterocycles. The van der Waals surface area contributed by atoms with Gasteiger partial charge < -0.3 is 5.73 Å². The Bertz CT molecular complexity index is 585. The molecule has 0 radical (unpaired) electrons. The summed E-state index contributed by atoms with van der Waals surface area (Å²) in [6, 6.07) is 6.71. The number of aldehydes is 1. The topological polar surface area (TPSA) is 56.0 Å². The second-order valence-corrected chi connectivity index (χ2v) is 4.29. The molecule has 2 rings (SSSR count). The number of nitrogen functional groups attached to an aromatic ring is 1. The maximum absolute atomic E-state index is 10.7. The Morgan fingerprint density at radius 2 is 1.94 bits per heavy atom. The van der Waals surface area contributed by atoms with Crippen LogP contribution in [-0.2, 0) is 0 Å². The Morgan fingerprint density at radius 3 is 2.59 bits per heavy atom. The molecule has 1 heterocycles. The van der Waals surface area contributed by atoms with E-state index >= 15 is 0 Å². The lowest BCUT2D eigenvalue weighted by Crippen LogP contribution is -1.96. The molecule has 0 saturated carbocycles. The number of nitrogens with two attached hydrogens (primary N) is 1. The highest BCUT2D eigenvalue weighted by Crippen LogP contribution is 2.33. The molecule has 2 N–H and O–H groups in total. The third-order valence-corrected chi connectivity index (χ3v) is 2.84. The zero-order chi connectivity index (χ0) is 12.4. The van der Waals surface area contributed by atoms with Crippen LogP contribution in [0.15, 0.2) is 30.5 Å². The number of hydrogen-bond acceptors (Lipinski definition) is 3. The summed E-state index contributed by atoms with van der Waals surface area (Å²) in [5.74, 6) is 0.319. The molecule has 0 spiro atoms. The first-order chi connectivity index (χ1) is 8.11. The van der Waals surface area contributed by atoms with Gasteiger partial charge in [0.25, 0.3) is 0 Å². The number of pyridine rings is 1. The average molecular weight is 267 g/mol. The highest BCUT2D eigenvalue weighted by molar-refractivity contribution is 6.36. The van der Waals surface area contributed by atoms with Crippen LogP contribution in [0.5, 0.6) is 0 Å². The first-order valence-corrected chi connectivity index (χ1v) is 5.53. The van der Waals surface area contributed by atoms with Gasteiger partial charge in [-0.3, -0.25) is 4.79 Å². The van der Waals surface area contributed by atoms with Crippen LogP contribution in [0, 0.1) is 0 Å². The predicted molar refractivity (Wildman–Crippen MR) is 69.5 cm³/mol. The predicted octanol–water partition coefficient (Wildman–Crippen LogP) is 3.45. The average Bonchev–Trinajstić information content (AvgIpc) is 2.30. The fourth-order valence-electron chi connectivity index (χ4n) is 1.48. The normalized spacial score (nSPS) is 10.2. The van der Waals surface area contributed by atoms with Crippen molar-refractivity contribution in [3.8, 4) is 11.1 Å². The van der Waals surface area contributed by atoms with E-state index in [1.807, 2.05) is 0 Å². The van der Waals surface area contributed by atoms with Crippen LogP contribution in [0.1, 0.15) is 10.4 Å². The Hall–Kier alpha value is -1.58. The number of anilines is 1. The number of carbonyl (C=O) groups excluding carboxylic acids is 1. The van der Waals surface area contributed by atoms with Gasteiger partial charge in [0.2, 0.25) is 0 Å². The van der Waals surface area contributed by atoms with Gasteiger partial charge in [0.15, 0.2) is 6.29 Å². The van der Waals surface area contributed by atoms with Gasteiger partial charge in [-0.25, -0.2) is 4.98 Å². The van der Waals surface area contributed by atoms with Crippen molar-refractivity contribution >= 4 is 35.3 Å². The SMILES string of the molecule is Nc1ncc(C=O)cc1-c1ccc(Cl)cc1Cl. The summed E-state index contributed by atoms with van der Waals surface area (Å²) in [7, 11) is 0. The molecule has 0 atom stereocenters. The third kappa shape index (κ3) is 2.40. The standard InChI is InChI=1S/C12H8Cl2N2O/c13-8-1-2-9(11(14)4-8)10-3-7(6-17)5-16-12(10)15/h1-6H,(H2,15,16). The summed E-state index contributed by atoms with van der Waals surface area (Å²) in [4.78, 5) is 14.7. The number of hydrogen-bond donors (Lipinski definition) is 1. The molecule has 1 aromatic heterocycles. The van der Waals surface area contributed by atoms with E-state index in [1.165, 1.54) is 6.20 Å². The molecule has 0 aliphatic carbocycles. The van der Waals surface area contributed by atoms with E-state index in [-0.39, 0.29) is 0 Å². The van der Waals surface area contributed by atoms with E-state index in [1.54, 1.807) is 24.3 Å². The Kier molecular flexibility index (Phi) is 3.31. The van der Waals surface area contributed by atoms with Gasteiger partial charge in [0.05, 0.1) is 5.02 Å². The van der Waals surface area contributed by atoms with Crippen LogP contribution in [0.4, 0.5) is 5.82 Å². The number of rotatable bonds is 2. The molecule has 0 fully saturated rings. The molecule has 0 unspecified atom stereocenters. The molecule has 0 amide bonds. The Morgan fingerprint density at radius 1 is 1.18 bits per heavy atom. The van der Waals surface area contributed by atoms with Crippen molar-refractivity contribution in [2.75, 3.05) is 5.73 Å². The zero-order valence-corrected chi connectivity index (χ0v) is 10.2. The molecular formula is C12H8Cl2N2O.